The van der Waals surface area contributed by atoms with Crippen molar-refractivity contribution in [3.8, 4) is 0 Å². The van der Waals surface area contributed by atoms with Crippen LogP contribution in [-0.2, 0) is 11.2 Å². The third kappa shape index (κ3) is 1.38. The molecule has 0 amide bonds. The van der Waals surface area contributed by atoms with Crippen LogP contribution < -0.4 is 0 Å². The van der Waals surface area contributed by atoms with E-state index < -0.39 is 0 Å². The number of rotatable bonds is 2. The smallest absolute Gasteiger partial charge is 0.146 e. The first-order chi connectivity index (χ1) is 6.86. The van der Waals surface area contributed by atoms with Crippen molar-refractivity contribution >= 4 is 11.9 Å². The largest absolute Gasteiger partial charge is 0.392 e. The predicted molar refractivity (Wildman–Crippen MR) is 54.8 cm³/mol. The Morgan fingerprint density at radius 2 is 2.07 bits per heavy atom. The number of aliphatic hydroxyl groups is 1. The summed E-state index contributed by atoms with van der Waals surface area (Å²) < 4.78 is 0. The molecule has 1 aliphatic carbocycles. The molecule has 2 rings (SSSR count). The molecule has 0 radical (unpaired) electrons. The van der Waals surface area contributed by atoms with Gasteiger partial charge in [-0.2, -0.15) is 0 Å². The van der Waals surface area contributed by atoms with Crippen molar-refractivity contribution in [2.24, 2.45) is 0 Å². The summed E-state index contributed by atoms with van der Waals surface area (Å²) in [7, 11) is 0. The summed E-state index contributed by atoms with van der Waals surface area (Å²) in [5.41, 5.74) is 3.79. The normalized spacial score (nSPS) is 15.2. The van der Waals surface area contributed by atoms with Gasteiger partial charge in [0.25, 0.3) is 0 Å². The zero-order chi connectivity index (χ0) is 9.97. The fourth-order valence-corrected chi connectivity index (χ4v) is 1.94. The van der Waals surface area contributed by atoms with Crippen molar-refractivity contribution in [2.75, 3.05) is 6.61 Å². The standard InChI is InChI=1S/C12H12O2/c13-7-10-6-5-9-3-1-2-4-11(9)12(10)8-14/h1-4,7,14H,5-6,8H2. The van der Waals surface area contributed by atoms with Crippen LogP contribution in [0.5, 0.6) is 0 Å². The summed E-state index contributed by atoms with van der Waals surface area (Å²) in [6.07, 6.45) is 2.51. The molecular weight excluding hydrogens is 176 g/mol. The number of carbonyl (C=O) groups is 1. The Morgan fingerprint density at radius 3 is 2.79 bits per heavy atom. The Morgan fingerprint density at radius 1 is 1.29 bits per heavy atom. The molecular formula is C12H12O2. The predicted octanol–water partition coefficient (Wildman–Crippen LogP) is 1.58. The van der Waals surface area contributed by atoms with Crippen LogP contribution in [0.25, 0.3) is 5.57 Å². The number of fused-ring (bicyclic) bond motifs is 1. The molecule has 2 nitrogen and oxygen atoms in total. The van der Waals surface area contributed by atoms with Gasteiger partial charge >= 0.3 is 0 Å². The summed E-state index contributed by atoms with van der Waals surface area (Å²) in [6.45, 7) is -0.0505. The zero-order valence-corrected chi connectivity index (χ0v) is 7.86. The van der Waals surface area contributed by atoms with E-state index in [1.807, 2.05) is 24.3 Å². The highest BCUT2D eigenvalue weighted by molar-refractivity contribution is 5.90. The van der Waals surface area contributed by atoms with E-state index >= 15 is 0 Å². The van der Waals surface area contributed by atoms with Gasteiger partial charge in [0.2, 0.25) is 0 Å². The molecule has 0 heterocycles. The molecule has 0 spiro atoms. The van der Waals surface area contributed by atoms with Crippen molar-refractivity contribution in [3.05, 3.63) is 41.0 Å². The van der Waals surface area contributed by atoms with Gasteiger partial charge in [-0.05, 0) is 35.1 Å². The van der Waals surface area contributed by atoms with Crippen LogP contribution in [0.2, 0.25) is 0 Å². The van der Waals surface area contributed by atoms with Gasteiger partial charge in [-0.25, -0.2) is 0 Å². The highest BCUT2D eigenvalue weighted by Gasteiger charge is 2.16. The summed E-state index contributed by atoms with van der Waals surface area (Å²) in [4.78, 5) is 10.8. The van der Waals surface area contributed by atoms with Gasteiger partial charge < -0.3 is 5.11 Å². The van der Waals surface area contributed by atoms with Crippen LogP contribution >= 0.6 is 0 Å². The molecule has 1 aliphatic rings. The van der Waals surface area contributed by atoms with Crippen molar-refractivity contribution in [2.45, 2.75) is 12.8 Å². The number of hydrogen-bond acceptors (Lipinski definition) is 2. The first-order valence-electron chi connectivity index (χ1n) is 4.73. The number of hydrogen-bond donors (Lipinski definition) is 1. The Balaban J connectivity index is 2.57. The molecule has 0 saturated carbocycles. The van der Waals surface area contributed by atoms with Gasteiger partial charge in [-0.1, -0.05) is 24.3 Å². The molecule has 14 heavy (non-hydrogen) atoms. The summed E-state index contributed by atoms with van der Waals surface area (Å²) in [6, 6.07) is 7.93. The van der Waals surface area contributed by atoms with E-state index in [4.69, 9.17) is 0 Å². The Labute approximate surface area is 82.9 Å². The van der Waals surface area contributed by atoms with Crippen LogP contribution in [0.3, 0.4) is 0 Å². The van der Waals surface area contributed by atoms with Crippen molar-refractivity contribution in [3.63, 3.8) is 0 Å². The Bertz CT molecular complexity index is 391. The Kier molecular flexibility index (Phi) is 2.46. The van der Waals surface area contributed by atoms with E-state index in [1.165, 1.54) is 5.56 Å². The van der Waals surface area contributed by atoms with E-state index in [0.29, 0.717) is 0 Å². The molecule has 0 fully saturated rings. The summed E-state index contributed by atoms with van der Waals surface area (Å²) in [5, 5.41) is 9.22. The van der Waals surface area contributed by atoms with Crippen LogP contribution in [0.15, 0.2) is 29.8 Å². The van der Waals surface area contributed by atoms with Gasteiger partial charge in [0, 0.05) is 0 Å². The monoisotopic (exact) mass is 188 g/mol. The second-order valence-electron chi connectivity index (χ2n) is 3.44. The van der Waals surface area contributed by atoms with E-state index in [1.54, 1.807) is 0 Å². The lowest BCUT2D eigenvalue weighted by Gasteiger charge is -2.19. The maximum atomic E-state index is 10.8. The van der Waals surface area contributed by atoms with E-state index in [0.717, 1.165) is 35.8 Å². The lowest BCUT2D eigenvalue weighted by Crippen LogP contribution is -2.08. The first-order valence-corrected chi connectivity index (χ1v) is 4.73. The van der Waals surface area contributed by atoms with E-state index in [2.05, 4.69) is 0 Å². The maximum absolute atomic E-state index is 10.8. The average Bonchev–Trinajstić information content (AvgIpc) is 2.27. The first kappa shape index (κ1) is 9.16. The average molecular weight is 188 g/mol. The van der Waals surface area contributed by atoms with Gasteiger partial charge in [0.1, 0.15) is 6.29 Å². The van der Waals surface area contributed by atoms with Crippen molar-refractivity contribution < 1.29 is 9.90 Å². The molecule has 0 saturated heterocycles. The van der Waals surface area contributed by atoms with Crippen molar-refractivity contribution in [1.29, 1.82) is 0 Å². The van der Waals surface area contributed by atoms with Crippen LogP contribution in [-0.4, -0.2) is 18.0 Å². The second kappa shape index (κ2) is 3.76. The molecule has 1 aromatic rings. The minimum Gasteiger partial charge on any atom is -0.392 e. The number of carbonyl (C=O) groups excluding carboxylic acids is 1. The summed E-state index contributed by atoms with van der Waals surface area (Å²) in [5.74, 6) is 0. The highest BCUT2D eigenvalue weighted by Crippen LogP contribution is 2.29. The molecule has 0 aromatic heterocycles. The molecule has 1 N–H and O–H groups in total. The van der Waals surface area contributed by atoms with E-state index in [-0.39, 0.29) is 6.61 Å². The van der Waals surface area contributed by atoms with Crippen LogP contribution in [0.1, 0.15) is 17.5 Å². The third-order valence-electron chi connectivity index (χ3n) is 2.69. The minimum absolute atomic E-state index is 0.0505. The fourth-order valence-electron chi connectivity index (χ4n) is 1.94. The molecule has 1 aromatic carbocycles. The number of aliphatic hydroxyl groups excluding tert-OH is 1. The van der Waals surface area contributed by atoms with Gasteiger partial charge in [0.05, 0.1) is 6.61 Å². The lowest BCUT2D eigenvalue weighted by atomic mass is 9.86. The summed E-state index contributed by atoms with van der Waals surface area (Å²) >= 11 is 0. The molecule has 0 aliphatic heterocycles. The van der Waals surface area contributed by atoms with Gasteiger partial charge in [0.15, 0.2) is 0 Å². The second-order valence-corrected chi connectivity index (χ2v) is 3.44. The van der Waals surface area contributed by atoms with Crippen LogP contribution in [0, 0.1) is 0 Å². The lowest BCUT2D eigenvalue weighted by molar-refractivity contribution is -0.105. The van der Waals surface area contributed by atoms with Crippen molar-refractivity contribution in [1.82, 2.24) is 0 Å². The molecule has 2 heteroatoms. The quantitative estimate of drug-likeness (QED) is 0.715. The SMILES string of the molecule is O=CC1=C(CO)c2ccccc2CC1. The number of aldehydes is 1. The van der Waals surface area contributed by atoms with Gasteiger partial charge in [-0.3, -0.25) is 4.79 Å². The number of benzene rings is 1. The van der Waals surface area contributed by atoms with Gasteiger partial charge in [-0.15, -0.1) is 0 Å². The maximum Gasteiger partial charge on any atom is 0.146 e. The van der Waals surface area contributed by atoms with Crippen LogP contribution in [0.4, 0.5) is 0 Å². The zero-order valence-electron chi connectivity index (χ0n) is 7.86. The topological polar surface area (TPSA) is 37.3 Å². The fraction of sp³-hybridized carbons (Fsp3) is 0.250. The third-order valence-corrected chi connectivity index (χ3v) is 2.69. The number of aryl methyl sites for hydroxylation is 1. The molecule has 0 unspecified atom stereocenters. The van der Waals surface area contributed by atoms with E-state index in [9.17, 15) is 9.90 Å². The molecule has 0 atom stereocenters. The minimum atomic E-state index is -0.0505. The molecule has 72 valence electrons. The number of allylic oxidation sites excluding steroid dienone is 1. The Hall–Kier alpha value is -1.41. The molecule has 0 bridgehead atoms. The highest BCUT2D eigenvalue weighted by atomic mass is 16.3.